The van der Waals surface area contributed by atoms with E-state index in [9.17, 15) is 8.42 Å². The fraction of sp³-hybridized carbons (Fsp3) is 0.455. The lowest BCUT2D eigenvalue weighted by Gasteiger charge is -2.23. The average Bonchev–Trinajstić information content (AvgIpc) is 2.31. The summed E-state index contributed by atoms with van der Waals surface area (Å²) in [4.78, 5) is 0.203. The first-order valence-corrected chi connectivity index (χ1v) is 7.56. The van der Waals surface area contributed by atoms with E-state index in [1.54, 1.807) is 13.0 Å². The standard InChI is InChI=1S/C11H17BrN2O3S/c1-8(7-17-3)14(2)18(15,16)9-4-5-11(13)10(12)6-9/h4-6,8H,7,13H2,1-3H3. The van der Waals surface area contributed by atoms with Crippen molar-refractivity contribution in [3.8, 4) is 0 Å². The maximum Gasteiger partial charge on any atom is 0.243 e. The van der Waals surface area contributed by atoms with Crippen LogP contribution in [0.3, 0.4) is 0 Å². The van der Waals surface area contributed by atoms with Gasteiger partial charge in [-0.25, -0.2) is 8.42 Å². The Kier molecular flexibility index (Phi) is 5.15. The monoisotopic (exact) mass is 336 g/mol. The van der Waals surface area contributed by atoms with Crippen LogP contribution in [0.25, 0.3) is 0 Å². The molecule has 0 aliphatic carbocycles. The van der Waals surface area contributed by atoms with Gasteiger partial charge in [0.2, 0.25) is 10.0 Å². The number of benzene rings is 1. The minimum absolute atomic E-state index is 0.203. The molecule has 0 aliphatic heterocycles. The highest BCUT2D eigenvalue weighted by Crippen LogP contribution is 2.25. The molecule has 102 valence electrons. The van der Waals surface area contributed by atoms with Crippen LogP contribution in [-0.4, -0.2) is 39.5 Å². The van der Waals surface area contributed by atoms with Crippen LogP contribution in [0.4, 0.5) is 5.69 Å². The molecule has 5 nitrogen and oxygen atoms in total. The fourth-order valence-electron chi connectivity index (χ4n) is 1.42. The predicted molar refractivity (Wildman–Crippen MR) is 74.8 cm³/mol. The van der Waals surface area contributed by atoms with Gasteiger partial charge in [-0.15, -0.1) is 0 Å². The van der Waals surface area contributed by atoms with E-state index in [4.69, 9.17) is 10.5 Å². The van der Waals surface area contributed by atoms with Gasteiger partial charge >= 0.3 is 0 Å². The second-order valence-corrected chi connectivity index (χ2v) is 6.86. The van der Waals surface area contributed by atoms with Gasteiger partial charge in [0.05, 0.1) is 11.5 Å². The third-order valence-corrected chi connectivity index (χ3v) is 5.33. The smallest absolute Gasteiger partial charge is 0.243 e. The van der Waals surface area contributed by atoms with Crippen LogP contribution in [-0.2, 0) is 14.8 Å². The van der Waals surface area contributed by atoms with Crippen molar-refractivity contribution in [3.05, 3.63) is 22.7 Å². The average molecular weight is 337 g/mol. The molecule has 1 aromatic carbocycles. The van der Waals surface area contributed by atoms with Crippen molar-refractivity contribution in [2.75, 3.05) is 26.5 Å². The molecule has 7 heteroatoms. The number of nitrogens with zero attached hydrogens (tertiary/aromatic N) is 1. The molecular formula is C11H17BrN2O3S. The number of sulfonamides is 1. The number of rotatable bonds is 5. The van der Waals surface area contributed by atoms with E-state index >= 15 is 0 Å². The number of likely N-dealkylation sites (N-methyl/N-ethyl adjacent to an activating group) is 1. The third-order valence-electron chi connectivity index (χ3n) is 2.68. The van der Waals surface area contributed by atoms with E-state index in [1.807, 2.05) is 0 Å². The summed E-state index contributed by atoms with van der Waals surface area (Å²) in [6, 6.07) is 4.31. The lowest BCUT2D eigenvalue weighted by molar-refractivity contribution is 0.149. The molecule has 0 aromatic heterocycles. The summed E-state index contributed by atoms with van der Waals surface area (Å²) < 4.78 is 31.5. The first-order valence-electron chi connectivity index (χ1n) is 5.32. The zero-order valence-electron chi connectivity index (χ0n) is 10.6. The van der Waals surface area contributed by atoms with Gasteiger partial charge in [-0.1, -0.05) is 0 Å². The molecule has 0 bridgehead atoms. The van der Waals surface area contributed by atoms with Crippen LogP contribution in [0.5, 0.6) is 0 Å². The van der Waals surface area contributed by atoms with Gasteiger partial charge < -0.3 is 10.5 Å². The maximum absolute atomic E-state index is 12.3. The first-order chi connectivity index (χ1) is 8.30. The summed E-state index contributed by atoms with van der Waals surface area (Å²) in [5, 5.41) is 0. The van der Waals surface area contributed by atoms with Crippen LogP contribution in [0.2, 0.25) is 0 Å². The number of halogens is 1. The molecule has 0 radical (unpaired) electrons. The SMILES string of the molecule is COCC(C)N(C)S(=O)(=O)c1ccc(N)c(Br)c1. The van der Waals surface area contributed by atoms with Crippen LogP contribution >= 0.6 is 15.9 Å². The Balaban J connectivity index is 3.09. The van der Waals surface area contributed by atoms with Gasteiger partial charge in [-0.3, -0.25) is 0 Å². The van der Waals surface area contributed by atoms with Crippen LogP contribution < -0.4 is 5.73 Å². The third kappa shape index (κ3) is 3.23. The summed E-state index contributed by atoms with van der Waals surface area (Å²) >= 11 is 3.22. The molecule has 1 unspecified atom stereocenters. The zero-order chi connectivity index (χ0) is 13.9. The summed E-state index contributed by atoms with van der Waals surface area (Å²) in [6.07, 6.45) is 0. The molecule has 0 spiro atoms. The van der Waals surface area contributed by atoms with Crippen LogP contribution in [0.15, 0.2) is 27.6 Å². The van der Waals surface area contributed by atoms with Crippen molar-refractivity contribution in [2.24, 2.45) is 0 Å². The van der Waals surface area contributed by atoms with E-state index in [2.05, 4.69) is 15.9 Å². The van der Waals surface area contributed by atoms with Gasteiger partial charge in [0.1, 0.15) is 0 Å². The number of hydrogen-bond acceptors (Lipinski definition) is 4. The van der Waals surface area contributed by atoms with Gasteiger partial charge in [0.25, 0.3) is 0 Å². The lowest BCUT2D eigenvalue weighted by atomic mass is 10.3. The minimum Gasteiger partial charge on any atom is -0.398 e. The zero-order valence-corrected chi connectivity index (χ0v) is 13.0. The molecule has 0 heterocycles. The number of nitrogens with two attached hydrogens (primary N) is 1. The molecule has 0 saturated carbocycles. The number of ether oxygens (including phenoxy) is 1. The van der Waals surface area contributed by atoms with Crippen molar-refractivity contribution < 1.29 is 13.2 Å². The van der Waals surface area contributed by atoms with Crippen molar-refractivity contribution in [3.63, 3.8) is 0 Å². The van der Waals surface area contributed by atoms with E-state index in [1.165, 1.54) is 30.6 Å². The van der Waals surface area contributed by atoms with E-state index < -0.39 is 10.0 Å². The Morgan fingerprint density at radius 1 is 1.50 bits per heavy atom. The molecule has 0 aliphatic rings. The predicted octanol–water partition coefficient (Wildman–Crippen LogP) is 1.69. The van der Waals surface area contributed by atoms with Crippen LogP contribution in [0.1, 0.15) is 6.92 Å². The summed E-state index contributed by atoms with van der Waals surface area (Å²) in [5.41, 5.74) is 6.14. The second-order valence-electron chi connectivity index (χ2n) is 4.01. The van der Waals surface area contributed by atoms with Gasteiger partial charge in [0, 0.05) is 30.4 Å². The topological polar surface area (TPSA) is 72.6 Å². The lowest BCUT2D eigenvalue weighted by Crippen LogP contribution is -2.37. The highest BCUT2D eigenvalue weighted by molar-refractivity contribution is 9.10. The normalized spacial score (nSPS) is 13.8. The van der Waals surface area contributed by atoms with E-state index in [-0.39, 0.29) is 10.9 Å². The minimum atomic E-state index is -3.53. The molecule has 0 amide bonds. The number of methoxy groups -OCH3 is 1. The highest BCUT2D eigenvalue weighted by Gasteiger charge is 2.25. The van der Waals surface area contributed by atoms with Gasteiger partial charge in [-0.2, -0.15) is 4.31 Å². The largest absolute Gasteiger partial charge is 0.398 e. The Morgan fingerprint density at radius 3 is 2.61 bits per heavy atom. The van der Waals surface area contributed by atoms with Crippen molar-refractivity contribution in [1.82, 2.24) is 4.31 Å². The molecule has 0 saturated heterocycles. The van der Waals surface area contributed by atoms with Gasteiger partial charge in [0.15, 0.2) is 0 Å². The summed E-state index contributed by atoms with van der Waals surface area (Å²) in [6.45, 7) is 2.12. The molecule has 1 aromatic rings. The Labute approximate surface area is 116 Å². The Bertz CT molecular complexity index is 519. The highest BCUT2D eigenvalue weighted by atomic mass is 79.9. The summed E-state index contributed by atoms with van der Waals surface area (Å²) in [7, 11) is -0.462. The summed E-state index contributed by atoms with van der Waals surface area (Å²) in [5.74, 6) is 0. The van der Waals surface area contributed by atoms with E-state index in [0.717, 1.165) is 0 Å². The molecule has 0 fully saturated rings. The molecular weight excluding hydrogens is 320 g/mol. The molecule has 18 heavy (non-hydrogen) atoms. The first kappa shape index (κ1) is 15.4. The molecule has 2 N–H and O–H groups in total. The molecule has 1 atom stereocenters. The number of anilines is 1. The number of nitrogen functional groups attached to an aromatic ring is 1. The Morgan fingerprint density at radius 2 is 2.11 bits per heavy atom. The Hall–Kier alpha value is -0.630. The van der Waals surface area contributed by atoms with Gasteiger partial charge in [-0.05, 0) is 41.1 Å². The van der Waals surface area contributed by atoms with Crippen molar-refractivity contribution >= 4 is 31.6 Å². The number of hydrogen-bond donors (Lipinski definition) is 1. The van der Waals surface area contributed by atoms with Crippen LogP contribution in [0, 0.1) is 0 Å². The second kappa shape index (κ2) is 6.01. The quantitative estimate of drug-likeness (QED) is 0.830. The maximum atomic E-state index is 12.3. The van der Waals surface area contributed by atoms with Crippen molar-refractivity contribution in [2.45, 2.75) is 17.9 Å². The van der Waals surface area contributed by atoms with E-state index in [0.29, 0.717) is 16.8 Å². The van der Waals surface area contributed by atoms with Crippen molar-refractivity contribution in [1.29, 1.82) is 0 Å². The fourth-order valence-corrected chi connectivity index (χ4v) is 3.32. The molecule has 1 rings (SSSR count).